The predicted octanol–water partition coefficient (Wildman–Crippen LogP) is 4.37. The van der Waals surface area contributed by atoms with Crippen LogP contribution in [0.2, 0.25) is 0 Å². The molecule has 2 atom stereocenters. The summed E-state index contributed by atoms with van der Waals surface area (Å²) in [5.41, 5.74) is 1.43. The van der Waals surface area contributed by atoms with Crippen LogP contribution in [0.1, 0.15) is 28.9 Å². The summed E-state index contributed by atoms with van der Waals surface area (Å²) in [5, 5.41) is 13.5. The quantitative estimate of drug-likeness (QED) is 0.255. The van der Waals surface area contributed by atoms with Crippen molar-refractivity contribution in [3.63, 3.8) is 0 Å². The molecule has 0 fully saturated rings. The number of aliphatic hydroxyl groups is 1. The van der Waals surface area contributed by atoms with Crippen LogP contribution in [0.25, 0.3) is 0 Å². The molecule has 2 aliphatic heterocycles. The molecule has 1 amide bonds. The zero-order valence-electron chi connectivity index (χ0n) is 17.7. The lowest BCUT2D eigenvalue weighted by atomic mass is 10.0. The highest BCUT2D eigenvalue weighted by molar-refractivity contribution is 14.1. The number of amides is 1. The van der Waals surface area contributed by atoms with E-state index in [1.54, 1.807) is 66.1 Å². The molecule has 0 saturated heterocycles. The fourth-order valence-electron chi connectivity index (χ4n) is 3.40. The molecule has 0 aliphatic carbocycles. The lowest BCUT2D eigenvalue weighted by Crippen LogP contribution is -2.37. The van der Waals surface area contributed by atoms with Crippen molar-refractivity contribution in [2.75, 3.05) is 4.72 Å². The fourth-order valence-corrected chi connectivity index (χ4v) is 6.29. The molecule has 2 heterocycles. The second-order valence-electron chi connectivity index (χ2n) is 7.49. The molecule has 4 N–H and O–H groups in total. The normalized spacial score (nSPS) is 16.6. The van der Waals surface area contributed by atoms with E-state index in [9.17, 15) is 18.3 Å². The number of halogens is 2. The molecule has 2 aromatic carbocycles. The van der Waals surface area contributed by atoms with Gasteiger partial charge < -0.3 is 15.1 Å². The molecule has 2 aromatic rings. The molecule has 4 rings (SSSR count). The van der Waals surface area contributed by atoms with Crippen molar-refractivity contribution in [3.05, 3.63) is 96.8 Å². The van der Waals surface area contributed by atoms with Crippen molar-refractivity contribution in [2.24, 2.45) is 0 Å². The maximum absolute atomic E-state index is 13.2. The largest absolute Gasteiger partial charge is 0.386 e. The van der Waals surface area contributed by atoms with E-state index < -0.39 is 28.1 Å². The van der Waals surface area contributed by atoms with Crippen LogP contribution in [0.5, 0.6) is 0 Å². The third kappa shape index (κ3) is 5.46. The average molecular weight is 675 g/mol. The van der Waals surface area contributed by atoms with Crippen molar-refractivity contribution in [1.29, 1.82) is 0 Å². The van der Waals surface area contributed by atoms with Crippen LogP contribution in [-0.2, 0) is 10.0 Å². The average Bonchev–Trinajstić information content (AvgIpc) is 3.27. The van der Waals surface area contributed by atoms with E-state index in [0.29, 0.717) is 11.3 Å². The molecule has 34 heavy (non-hydrogen) atoms. The van der Waals surface area contributed by atoms with Crippen LogP contribution >= 0.6 is 50.7 Å². The summed E-state index contributed by atoms with van der Waals surface area (Å²) in [5.74, 6) is -0.507. The van der Waals surface area contributed by atoms with Crippen LogP contribution in [0, 0.1) is 3.57 Å². The van der Waals surface area contributed by atoms with Gasteiger partial charge in [0.15, 0.2) is 0 Å². The number of carbonyl (C=O) groups excluding carboxylic acids is 1. The number of sulfonamides is 1. The summed E-state index contributed by atoms with van der Waals surface area (Å²) in [6.07, 6.45) is 5.54. The summed E-state index contributed by atoms with van der Waals surface area (Å²) in [6.45, 7) is 1.69. The summed E-state index contributed by atoms with van der Waals surface area (Å²) in [7, 11) is -4.00. The van der Waals surface area contributed by atoms with Gasteiger partial charge in [0, 0.05) is 20.4 Å². The molecule has 178 valence electrons. The maximum Gasteiger partial charge on any atom is 0.264 e. The van der Waals surface area contributed by atoms with Gasteiger partial charge in [-0.1, -0.05) is 28.1 Å². The van der Waals surface area contributed by atoms with Crippen molar-refractivity contribution < 1.29 is 18.3 Å². The van der Waals surface area contributed by atoms with E-state index in [4.69, 9.17) is 0 Å². The maximum atomic E-state index is 13.2. The highest BCUT2D eigenvalue weighted by atomic mass is 127. The van der Waals surface area contributed by atoms with Gasteiger partial charge in [-0.25, -0.2) is 8.42 Å². The van der Waals surface area contributed by atoms with E-state index in [1.165, 1.54) is 18.2 Å². The van der Waals surface area contributed by atoms with Crippen LogP contribution in [0.3, 0.4) is 0 Å². The first-order valence-electron chi connectivity index (χ1n) is 10.0. The molecule has 0 bridgehead atoms. The molecular weight excluding hydrogens is 655 g/mol. The Bertz CT molecular complexity index is 1330. The van der Waals surface area contributed by atoms with Crippen molar-refractivity contribution >= 4 is 72.3 Å². The predicted molar refractivity (Wildman–Crippen MR) is 146 cm³/mol. The highest BCUT2D eigenvalue weighted by Crippen LogP contribution is 2.34. The Hall–Kier alpha value is -2.00. The van der Waals surface area contributed by atoms with E-state index in [-0.39, 0.29) is 16.2 Å². The van der Waals surface area contributed by atoms with Gasteiger partial charge in [0.2, 0.25) is 0 Å². The summed E-state index contributed by atoms with van der Waals surface area (Å²) in [6, 6.07) is 11.4. The van der Waals surface area contributed by atoms with Gasteiger partial charge in [0.25, 0.3) is 15.9 Å². The molecule has 2 aliphatic rings. The highest BCUT2D eigenvalue weighted by Gasteiger charge is 2.31. The first-order chi connectivity index (χ1) is 16.2. The molecule has 12 heteroatoms. The molecular formula is C22H20BrIN4O4S2. The lowest BCUT2D eigenvalue weighted by molar-refractivity contribution is 0.0853. The Morgan fingerprint density at radius 3 is 2.82 bits per heavy atom. The van der Waals surface area contributed by atoms with Crippen molar-refractivity contribution in [3.8, 4) is 0 Å². The number of aliphatic hydroxyl groups excluding tert-OH is 1. The van der Waals surface area contributed by atoms with Gasteiger partial charge in [-0.05, 0) is 77.6 Å². The van der Waals surface area contributed by atoms with Crippen LogP contribution in [0.4, 0.5) is 5.69 Å². The third-order valence-corrected chi connectivity index (χ3v) is 8.40. The minimum absolute atomic E-state index is 0.0798. The number of carbonyl (C=O) groups is 1. The zero-order chi connectivity index (χ0) is 24.5. The number of hydrogen-bond donors (Lipinski definition) is 4. The van der Waals surface area contributed by atoms with Gasteiger partial charge in [-0.2, -0.15) is 0 Å². The van der Waals surface area contributed by atoms with E-state index in [2.05, 4.69) is 53.3 Å². The number of nitrogens with one attached hydrogen (secondary N) is 3. The Balaban J connectivity index is 1.57. The molecule has 2 unspecified atom stereocenters. The lowest BCUT2D eigenvalue weighted by Gasteiger charge is -2.23. The van der Waals surface area contributed by atoms with Crippen molar-refractivity contribution in [2.45, 2.75) is 19.1 Å². The molecule has 8 nitrogen and oxygen atoms in total. The van der Waals surface area contributed by atoms with Crippen LogP contribution < -0.4 is 14.8 Å². The first-order valence-corrected chi connectivity index (χ1v) is 14.2. The molecule has 0 saturated carbocycles. The summed E-state index contributed by atoms with van der Waals surface area (Å²) in [4.78, 5) is 13.2. The van der Waals surface area contributed by atoms with Gasteiger partial charge in [-0.15, -0.1) is 0 Å². The van der Waals surface area contributed by atoms with Gasteiger partial charge in [0.1, 0.15) is 4.91 Å². The Kier molecular flexibility index (Phi) is 7.62. The number of fused-ring (bicyclic) bond motifs is 1. The Morgan fingerprint density at radius 1 is 1.26 bits per heavy atom. The smallest absolute Gasteiger partial charge is 0.264 e. The van der Waals surface area contributed by atoms with E-state index >= 15 is 0 Å². The minimum Gasteiger partial charge on any atom is -0.386 e. The SMILES string of the molecule is CC(NC(=O)c1ccc(I)cc1NS(=O)(=O)C1=CC=CN2SNC=C12)C(O)c1cccc(Br)c1. The van der Waals surface area contributed by atoms with Gasteiger partial charge >= 0.3 is 0 Å². The van der Waals surface area contributed by atoms with Gasteiger partial charge in [0.05, 0.1) is 41.2 Å². The number of allylic oxidation sites excluding steroid dienone is 2. The summed E-state index contributed by atoms with van der Waals surface area (Å²) < 4.78 is 35.2. The van der Waals surface area contributed by atoms with Crippen LogP contribution in [-0.4, -0.2) is 29.8 Å². The summed E-state index contributed by atoms with van der Waals surface area (Å²) >= 11 is 6.68. The first kappa shape index (κ1) is 25.1. The fraction of sp³-hybridized carbons (Fsp3) is 0.136. The topological polar surface area (TPSA) is 111 Å². The third-order valence-electron chi connectivity index (χ3n) is 5.09. The van der Waals surface area contributed by atoms with E-state index in [0.717, 1.165) is 8.04 Å². The minimum atomic E-state index is -4.00. The van der Waals surface area contributed by atoms with Gasteiger partial charge in [-0.3, -0.25) is 13.8 Å². The monoisotopic (exact) mass is 674 g/mol. The van der Waals surface area contributed by atoms with E-state index in [1.807, 2.05) is 6.07 Å². The number of anilines is 1. The number of benzene rings is 2. The second-order valence-corrected chi connectivity index (χ2v) is 12.1. The number of rotatable bonds is 7. The molecule has 0 radical (unpaired) electrons. The van der Waals surface area contributed by atoms with Crippen LogP contribution in [0.15, 0.2) is 82.1 Å². The molecule has 0 aromatic heterocycles. The number of hydrogen-bond acceptors (Lipinski definition) is 7. The Morgan fingerprint density at radius 2 is 2.06 bits per heavy atom. The zero-order valence-corrected chi connectivity index (χ0v) is 23.1. The van der Waals surface area contributed by atoms with Crippen molar-refractivity contribution in [1.82, 2.24) is 14.3 Å². The second kappa shape index (κ2) is 10.3. The standard InChI is InChI=1S/C22H20BrIN4O4S2/c1-13(21(29)14-4-2-5-15(23)10-14)26-22(30)17-8-7-16(24)11-18(17)27-34(31,32)20-6-3-9-28-19(20)12-25-33-28/h2-13,21,25,27,29H,1H3,(H,26,30). The number of nitrogens with zero attached hydrogens (tertiary/aromatic N) is 1. The molecule has 0 spiro atoms. The Labute approximate surface area is 224 Å².